The van der Waals surface area contributed by atoms with E-state index in [9.17, 15) is 4.79 Å². The summed E-state index contributed by atoms with van der Waals surface area (Å²) in [7, 11) is 0. The van der Waals surface area contributed by atoms with Crippen LogP contribution in [0.3, 0.4) is 0 Å². The summed E-state index contributed by atoms with van der Waals surface area (Å²) in [4.78, 5) is 11.5. The fourth-order valence-corrected chi connectivity index (χ4v) is 1.63. The van der Waals surface area contributed by atoms with Crippen LogP contribution < -0.4 is 4.74 Å². The molecule has 0 N–H and O–H groups in total. The van der Waals surface area contributed by atoms with E-state index in [4.69, 9.17) is 4.74 Å². The number of carbonyl (C=O) groups is 1. The minimum atomic E-state index is 0.165. The van der Waals surface area contributed by atoms with Crippen LogP contribution in [0, 0.1) is 0 Å². The Morgan fingerprint density at radius 1 is 1.33 bits per heavy atom. The molecule has 0 radical (unpaired) electrons. The zero-order valence-corrected chi connectivity index (χ0v) is 10.1. The molecule has 0 saturated carbocycles. The lowest BCUT2D eigenvalue weighted by Crippen LogP contribution is -2.06. The first-order chi connectivity index (χ1) is 7.13. The molecule has 0 fully saturated rings. The van der Waals surface area contributed by atoms with E-state index in [1.165, 1.54) is 11.8 Å². The van der Waals surface area contributed by atoms with Crippen LogP contribution in [0.25, 0.3) is 0 Å². The number of ketones is 1. The van der Waals surface area contributed by atoms with E-state index < -0.39 is 0 Å². The predicted molar refractivity (Wildman–Crippen MR) is 64.9 cm³/mol. The lowest BCUT2D eigenvalue weighted by molar-refractivity contribution is 0.102. The fourth-order valence-electron chi connectivity index (χ4n) is 1.21. The molecule has 1 aromatic rings. The fraction of sp³-hybridized carbons (Fsp3) is 0.417. The largest absolute Gasteiger partial charge is 0.491 e. The quantitative estimate of drug-likeness (QED) is 0.719. The SMILES string of the molecule is CSCC(=O)c1ccc(OC(C)C)cc1. The highest BCUT2D eigenvalue weighted by molar-refractivity contribution is 7.99. The summed E-state index contributed by atoms with van der Waals surface area (Å²) in [5.74, 6) is 1.51. The van der Waals surface area contributed by atoms with Crippen molar-refractivity contribution in [1.82, 2.24) is 0 Å². The van der Waals surface area contributed by atoms with E-state index in [0.29, 0.717) is 5.75 Å². The van der Waals surface area contributed by atoms with Gasteiger partial charge >= 0.3 is 0 Å². The van der Waals surface area contributed by atoms with Gasteiger partial charge in [0.2, 0.25) is 0 Å². The Labute approximate surface area is 95.0 Å². The van der Waals surface area contributed by atoms with E-state index in [2.05, 4.69) is 0 Å². The Balaban J connectivity index is 2.67. The zero-order valence-electron chi connectivity index (χ0n) is 9.32. The Bertz CT molecular complexity index is 317. The lowest BCUT2D eigenvalue weighted by Gasteiger charge is -2.09. The molecule has 0 aromatic heterocycles. The minimum Gasteiger partial charge on any atom is -0.491 e. The molecule has 1 rings (SSSR count). The number of rotatable bonds is 5. The number of hydrogen-bond donors (Lipinski definition) is 0. The van der Waals surface area contributed by atoms with Crippen LogP contribution in [-0.4, -0.2) is 23.9 Å². The second kappa shape index (κ2) is 5.81. The summed E-state index contributed by atoms with van der Waals surface area (Å²) >= 11 is 1.54. The number of benzene rings is 1. The van der Waals surface area contributed by atoms with Crippen molar-refractivity contribution in [2.24, 2.45) is 0 Å². The number of ether oxygens (including phenoxy) is 1. The van der Waals surface area contributed by atoms with Gasteiger partial charge in [0.25, 0.3) is 0 Å². The van der Waals surface area contributed by atoms with Crippen LogP contribution in [0.15, 0.2) is 24.3 Å². The monoisotopic (exact) mass is 224 g/mol. The smallest absolute Gasteiger partial charge is 0.172 e. The Hall–Kier alpha value is -0.960. The van der Waals surface area contributed by atoms with Gasteiger partial charge in [-0.25, -0.2) is 0 Å². The molecule has 0 aliphatic rings. The molecule has 15 heavy (non-hydrogen) atoms. The topological polar surface area (TPSA) is 26.3 Å². The van der Waals surface area contributed by atoms with Gasteiger partial charge in [-0.05, 0) is 44.4 Å². The molecule has 1 aromatic carbocycles. The molecule has 0 aliphatic heterocycles. The zero-order chi connectivity index (χ0) is 11.3. The van der Waals surface area contributed by atoms with E-state index >= 15 is 0 Å². The summed E-state index contributed by atoms with van der Waals surface area (Å²) in [5.41, 5.74) is 0.750. The minimum absolute atomic E-state index is 0.165. The summed E-state index contributed by atoms with van der Waals surface area (Å²) < 4.78 is 5.49. The summed E-state index contributed by atoms with van der Waals surface area (Å²) in [5, 5.41) is 0. The summed E-state index contributed by atoms with van der Waals surface area (Å²) in [6.07, 6.45) is 2.09. The van der Waals surface area contributed by atoms with Crippen LogP contribution in [0.2, 0.25) is 0 Å². The lowest BCUT2D eigenvalue weighted by atomic mass is 10.1. The van der Waals surface area contributed by atoms with Gasteiger partial charge in [0.15, 0.2) is 5.78 Å². The van der Waals surface area contributed by atoms with Gasteiger partial charge in [0, 0.05) is 5.56 Å². The standard InChI is InChI=1S/C12H16O2S/c1-9(2)14-11-6-4-10(5-7-11)12(13)8-15-3/h4-7,9H,8H2,1-3H3. The van der Waals surface area contributed by atoms with Gasteiger partial charge in [-0.2, -0.15) is 11.8 Å². The average Bonchev–Trinajstić information content (AvgIpc) is 2.18. The van der Waals surface area contributed by atoms with Crippen molar-refractivity contribution < 1.29 is 9.53 Å². The average molecular weight is 224 g/mol. The van der Waals surface area contributed by atoms with Crippen molar-refractivity contribution in [3.63, 3.8) is 0 Å². The molecule has 0 amide bonds. The normalized spacial score (nSPS) is 10.4. The highest BCUT2D eigenvalue weighted by atomic mass is 32.2. The molecule has 0 bridgehead atoms. The third kappa shape index (κ3) is 3.96. The van der Waals surface area contributed by atoms with Gasteiger partial charge in [0.05, 0.1) is 11.9 Å². The number of thioether (sulfide) groups is 1. The number of Topliss-reactive ketones (excluding diaryl/α,β-unsaturated/α-hetero) is 1. The third-order valence-corrected chi connectivity index (χ3v) is 2.37. The predicted octanol–water partition coefficient (Wildman–Crippen LogP) is 3.02. The molecule has 0 heterocycles. The molecule has 0 spiro atoms. The number of carbonyl (C=O) groups excluding carboxylic acids is 1. The summed E-state index contributed by atoms with van der Waals surface area (Å²) in [6, 6.07) is 7.31. The third-order valence-electron chi connectivity index (χ3n) is 1.82. The second-order valence-electron chi connectivity index (χ2n) is 3.55. The highest BCUT2D eigenvalue weighted by Gasteiger charge is 2.05. The van der Waals surface area contributed by atoms with Gasteiger partial charge in [-0.1, -0.05) is 0 Å². The summed E-state index contributed by atoms with van der Waals surface area (Å²) in [6.45, 7) is 3.96. The maximum absolute atomic E-state index is 11.5. The van der Waals surface area contributed by atoms with Crippen LogP contribution in [0.4, 0.5) is 0 Å². The van der Waals surface area contributed by atoms with Gasteiger partial charge in [-0.15, -0.1) is 0 Å². The van der Waals surface area contributed by atoms with Gasteiger partial charge in [-0.3, -0.25) is 4.79 Å². The van der Waals surface area contributed by atoms with Crippen LogP contribution in [0.5, 0.6) is 5.75 Å². The van der Waals surface area contributed by atoms with E-state index in [1.54, 1.807) is 0 Å². The Morgan fingerprint density at radius 2 is 1.93 bits per heavy atom. The maximum atomic E-state index is 11.5. The van der Waals surface area contributed by atoms with Crippen molar-refractivity contribution in [1.29, 1.82) is 0 Å². The first kappa shape index (κ1) is 12.1. The van der Waals surface area contributed by atoms with Crippen LogP contribution in [0.1, 0.15) is 24.2 Å². The number of hydrogen-bond acceptors (Lipinski definition) is 3. The molecule has 82 valence electrons. The molecule has 0 atom stereocenters. The van der Waals surface area contributed by atoms with E-state index in [0.717, 1.165) is 11.3 Å². The first-order valence-electron chi connectivity index (χ1n) is 4.92. The van der Waals surface area contributed by atoms with Crippen LogP contribution >= 0.6 is 11.8 Å². The van der Waals surface area contributed by atoms with Crippen molar-refractivity contribution in [2.75, 3.05) is 12.0 Å². The molecule has 2 nitrogen and oxygen atoms in total. The molecule has 0 unspecified atom stereocenters. The van der Waals surface area contributed by atoms with Gasteiger partial charge in [0.1, 0.15) is 5.75 Å². The van der Waals surface area contributed by atoms with Crippen molar-refractivity contribution in [2.45, 2.75) is 20.0 Å². The maximum Gasteiger partial charge on any atom is 0.172 e. The molecule has 0 saturated heterocycles. The molecular formula is C12H16O2S. The van der Waals surface area contributed by atoms with Crippen LogP contribution in [-0.2, 0) is 0 Å². The van der Waals surface area contributed by atoms with Crippen molar-refractivity contribution in [3.8, 4) is 5.75 Å². The van der Waals surface area contributed by atoms with Crippen molar-refractivity contribution in [3.05, 3.63) is 29.8 Å². The molecular weight excluding hydrogens is 208 g/mol. The van der Waals surface area contributed by atoms with Gasteiger partial charge < -0.3 is 4.74 Å². The Morgan fingerprint density at radius 3 is 2.40 bits per heavy atom. The second-order valence-corrected chi connectivity index (χ2v) is 4.41. The van der Waals surface area contributed by atoms with E-state index in [1.807, 2.05) is 44.4 Å². The highest BCUT2D eigenvalue weighted by Crippen LogP contribution is 2.14. The van der Waals surface area contributed by atoms with Crippen molar-refractivity contribution >= 4 is 17.5 Å². The molecule has 0 aliphatic carbocycles. The first-order valence-corrected chi connectivity index (χ1v) is 6.31. The Kier molecular flexibility index (Phi) is 4.69. The van der Waals surface area contributed by atoms with E-state index in [-0.39, 0.29) is 11.9 Å². The molecule has 3 heteroatoms.